The molecule has 0 bridgehead atoms. The Balaban J connectivity index is 2.49. The predicted octanol–water partition coefficient (Wildman–Crippen LogP) is 3.21. The monoisotopic (exact) mass is 264 g/mol. The van der Waals surface area contributed by atoms with Gasteiger partial charge >= 0.3 is 0 Å². The zero-order valence-electron chi connectivity index (χ0n) is 8.79. The third kappa shape index (κ3) is 1.97. The minimum Gasteiger partial charge on any atom is -0.352 e. The molecule has 15 heavy (non-hydrogen) atoms. The summed E-state index contributed by atoms with van der Waals surface area (Å²) >= 11 is 3.54. The summed E-state index contributed by atoms with van der Waals surface area (Å²) in [6.07, 6.45) is 3.67. The van der Waals surface area contributed by atoms with Crippen LogP contribution in [0.5, 0.6) is 0 Å². The number of aryl methyl sites for hydroxylation is 2. The van der Waals surface area contributed by atoms with Crippen molar-refractivity contribution in [3.05, 3.63) is 45.6 Å². The van der Waals surface area contributed by atoms with E-state index in [1.165, 1.54) is 16.7 Å². The molecule has 1 N–H and O–H groups in total. The molecule has 0 aromatic heterocycles. The van der Waals surface area contributed by atoms with E-state index in [0.717, 1.165) is 4.48 Å². The fourth-order valence-corrected chi connectivity index (χ4v) is 2.33. The summed E-state index contributed by atoms with van der Waals surface area (Å²) in [4.78, 5) is 4.45. The molecule has 1 heterocycles. The van der Waals surface area contributed by atoms with Gasteiger partial charge in [-0.05, 0) is 30.5 Å². The highest BCUT2D eigenvalue weighted by atomic mass is 79.9. The summed E-state index contributed by atoms with van der Waals surface area (Å²) in [6.45, 7) is 4.25. The fourth-order valence-electron chi connectivity index (χ4n) is 1.86. The SMILES string of the molecule is Cc1cccc(C)c1C1N=CNC=C1Br. The van der Waals surface area contributed by atoms with E-state index in [0.29, 0.717) is 0 Å². The van der Waals surface area contributed by atoms with Crippen LogP contribution in [0.3, 0.4) is 0 Å². The Kier molecular flexibility index (Phi) is 2.91. The molecule has 2 rings (SSSR count). The standard InChI is InChI=1S/C12H13BrN2/c1-8-4-3-5-9(2)11(8)12-10(13)6-14-7-15-12/h3-7,12H,1-2H3,(H,14,15). The Bertz CT molecular complexity index is 415. The number of rotatable bonds is 1. The average Bonchev–Trinajstić information content (AvgIpc) is 2.20. The maximum Gasteiger partial charge on any atom is 0.110 e. The van der Waals surface area contributed by atoms with Crippen molar-refractivity contribution in [2.45, 2.75) is 19.9 Å². The largest absolute Gasteiger partial charge is 0.352 e. The summed E-state index contributed by atoms with van der Waals surface area (Å²) in [6, 6.07) is 6.43. The molecule has 1 aromatic carbocycles. The molecule has 1 unspecified atom stereocenters. The van der Waals surface area contributed by atoms with Gasteiger partial charge < -0.3 is 5.32 Å². The molecule has 1 aliphatic rings. The third-order valence-electron chi connectivity index (χ3n) is 2.60. The van der Waals surface area contributed by atoms with E-state index in [2.05, 4.69) is 58.3 Å². The molecule has 0 fully saturated rings. The highest BCUT2D eigenvalue weighted by molar-refractivity contribution is 9.11. The second-order valence-electron chi connectivity index (χ2n) is 3.68. The smallest absolute Gasteiger partial charge is 0.110 e. The molecule has 78 valence electrons. The number of hydrogen-bond donors (Lipinski definition) is 1. The van der Waals surface area contributed by atoms with Crippen molar-refractivity contribution < 1.29 is 0 Å². The van der Waals surface area contributed by atoms with Crippen LogP contribution in [-0.4, -0.2) is 6.34 Å². The summed E-state index contributed by atoms with van der Waals surface area (Å²) in [5.41, 5.74) is 3.85. The molecule has 0 saturated carbocycles. The van der Waals surface area contributed by atoms with Crippen molar-refractivity contribution in [1.82, 2.24) is 5.32 Å². The maximum atomic E-state index is 4.45. The first-order valence-corrected chi connectivity index (χ1v) is 5.69. The zero-order valence-corrected chi connectivity index (χ0v) is 10.4. The van der Waals surface area contributed by atoms with Gasteiger partial charge in [-0.25, -0.2) is 0 Å². The van der Waals surface area contributed by atoms with E-state index in [-0.39, 0.29) is 6.04 Å². The maximum absolute atomic E-state index is 4.45. The van der Waals surface area contributed by atoms with Crippen LogP contribution in [0.1, 0.15) is 22.7 Å². The van der Waals surface area contributed by atoms with E-state index < -0.39 is 0 Å². The Morgan fingerprint density at radius 2 is 1.93 bits per heavy atom. The van der Waals surface area contributed by atoms with Crippen molar-refractivity contribution in [2.75, 3.05) is 0 Å². The molecule has 1 atom stereocenters. The van der Waals surface area contributed by atoms with E-state index in [1.54, 1.807) is 6.34 Å². The second kappa shape index (κ2) is 4.19. The number of nitrogens with one attached hydrogen (secondary N) is 1. The van der Waals surface area contributed by atoms with Gasteiger partial charge in [-0.3, -0.25) is 4.99 Å². The van der Waals surface area contributed by atoms with Crippen molar-refractivity contribution in [3.8, 4) is 0 Å². The average molecular weight is 265 g/mol. The van der Waals surface area contributed by atoms with Crippen molar-refractivity contribution in [3.63, 3.8) is 0 Å². The van der Waals surface area contributed by atoms with Gasteiger partial charge in [0.05, 0.1) is 6.34 Å². The summed E-state index contributed by atoms with van der Waals surface area (Å²) in [5.74, 6) is 0. The molecule has 0 spiro atoms. The van der Waals surface area contributed by atoms with Gasteiger partial charge in [0.25, 0.3) is 0 Å². The van der Waals surface area contributed by atoms with Gasteiger partial charge in [-0.1, -0.05) is 34.1 Å². The van der Waals surface area contributed by atoms with Gasteiger partial charge in [0, 0.05) is 10.7 Å². The first kappa shape index (κ1) is 10.4. The second-order valence-corrected chi connectivity index (χ2v) is 4.60. The molecular weight excluding hydrogens is 252 g/mol. The van der Waals surface area contributed by atoms with Crippen LogP contribution >= 0.6 is 15.9 Å². The number of nitrogens with zero attached hydrogens (tertiary/aromatic N) is 1. The Morgan fingerprint density at radius 1 is 1.27 bits per heavy atom. The Hall–Kier alpha value is -1.09. The lowest BCUT2D eigenvalue weighted by molar-refractivity contribution is 0.854. The number of hydrogen-bond acceptors (Lipinski definition) is 2. The van der Waals surface area contributed by atoms with Crippen LogP contribution in [0.4, 0.5) is 0 Å². The Morgan fingerprint density at radius 3 is 2.53 bits per heavy atom. The highest BCUT2D eigenvalue weighted by Crippen LogP contribution is 2.34. The van der Waals surface area contributed by atoms with Crippen LogP contribution in [0.15, 0.2) is 33.9 Å². The molecule has 0 saturated heterocycles. The lowest BCUT2D eigenvalue weighted by atomic mass is 9.96. The molecule has 0 radical (unpaired) electrons. The third-order valence-corrected chi connectivity index (χ3v) is 3.26. The van der Waals surface area contributed by atoms with Gasteiger partial charge in [-0.15, -0.1) is 0 Å². The number of halogens is 1. The van der Waals surface area contributed by atoms with Crippen molar-refractivity contribution in [1.29, 1.82) is 0 Å². The van der Waals surface area contributed by atoms with Crippen molar-refractivity contribution >= 4 is 22.3 Å². The highest BCUT2D eigenvalue weighted by Gasteiger charge is 2.18. The van der Waals surface area contributed by atoms with Gasteiger partial charge in [0.15, 0.2) is 0 Å². The molecule has 2 nitrogen and oxygen atoms in total. The van der Waals surface area contributed by atoms with Crippen LogP contribution < -0.4 is 5.32 Å². The van der Waals surface area contributed by atoms with Crippen LogP contribution in [0.2, 0.25) is 0 Å². The van der Waals surface area contributed by atoms with E-state index >= 15 is 0 Å². The number of aliphatic imine (C=N–C) groups is 1. The summed E-state index contributed by atoms with van der Waals surface area (Å²) < 4.78 is 1.07. The summed E-state index contributed by atoms with van der Waals surface area (Å²) in [7, 11) is 0. The minimum atomic E-state index is 0.104. The molecule has 0 amide bonds. The van der Waals surface area contributed by atoms with Gasteiger partial charge in [0.2, 0.25) is 0 Å². The van der Waals surface area contributed by atoms with Gasteiger partial charge in [-0.2, -0.15) is 0 Å². The molecule has 1 aliphatic heterocycles. The van der Waals surface area contributed by atoms with E-state index in [9.17, 15) is 0 Å². The van der Waals surface area contributed by atoms with Crippen LogP contribution in [0.25, 0.3) is 0 Å². The molecule has 1 aromatic rings. The van der Waals surface area contributed by atoms with Crippen LogP contribution in [0, 0.1) is 13.8 Å². The van der Waals surface area contributed by atoms with E-state index in [1.807, 2.05) is 6.20 Å². The lowest BCUT2D eigenvalue weighted by Gasteiger charge is -2.20. The quantitative estimate of drug-likeness (QED) is 0.828. The molecular formula is C12H13BrN2. The molecule has 0 aliphatic carbocycles. The minimum absolute atomic E-state index is 0.104. The van der Waals surface area contributed by atoms with E-state index in [4.69, 9.17) is 0 Å². The molecule has 3 heteroatoms. The number of benzene rings is 1. The fraction of sp³-hybridized carbons (Fsp3) is 0.250. The van der Waals surface area contributed by atoms with Crippen molar-refractivity contribution in [2.24, 2.45) is 4.99 Å². The lowest BCUT2D eigenvalue weighted by Crippen LogP contribution is -2.13. The van der Waals surface area contributed by atoms with Gasteiger partial charge in [0.1, 0.15) is 6.04 Å². The first-order valence-electron chi connectivity index (χ1n) is 4.89. The summed E-state index contributed by atoms with van der Waals surface area (Å²) in [5, 5.41) is 2.97. The Labute approximate surface area is 98.2 Å². The zero-order chi connectivity index (χ0) is 10.8. The van der Waals surface area contributed by atoms with Crippen LogP contribution in [-0.2, 0) is 0 Å². The topological polar surface area (TPSA) is 24.4 Å². The first-order chi connectivity index (χ1) is 7.20. The predicted molar refractivity (Wildman–Crippen MR) is 67.3 cm³/mol. The normalized spacial score (nSPS) is 19.7.